The van der Waals surface area contributed by atoms with E-state index in [2.05, 4.69) is 37.2 Å². The van der Waals surface area contributed by atoms with Crippen LogP contribution in [-0.2, 0) is 50.4 Å². The molecule has 0 aliphatic rings. The number of Topliss-reactive ketones (excluding diaryl/α,β-unsaturated/α-hetero) is 2. The van der Waals surface area contributed by atoms with Crippen LogP contribution in [0.1, 0.15) is 120 Å². The zero-order valence-corrected chi connectivity index (χ0v) is 26.5. The van der Waals surface area contributed by atoms with E-state index in [4.69, 9.17) is 10.2 Å². The molecule has 0 bridgehead atoms. The van der Waals surface area contributed by atoms with Gasteiger partial charge in [0.05, 0.1) is 13.2 Å². The van der Waals surface area contributed by atoms with Gasteiger partial charge >= 0.3 is 11.9 Å². The zero-order valence-electron chi connectivity index (χ0n) is 24.9. The van der Waals surface area contributed by atoms with Crippen LogP contribution < -0.4 is 0 Å². The summed E-state index contributed by atoms with van der Waals surface area (Å²) in [6.45, 7) is 16.2. The summed E-state index contributed by atoms with van der Waals surface area (Å²) in [4.78, 5) is 41.3. The monoisotopic (exact) mass is 568 g/mol. The molecule has 0 aromatic heterocycles. The number of ether oxygens (including phenoxy) is 2. The second-order valence-corrected chi connectivity index (χ2v) is 8.57. The van der Waals surface area contributed by atoms with Crippen LogP contribution in [0.15, 0.2) is 0 Å². The second-order valence-electron chi connectivity index (χ2n) is 8.57. The SMILES string of the molecule is CCCCC(CC)CO.CCCCC(CC)CO.CCOC(=O)CC(C)=O.CCOC(=O)CC(C)=O.[Ti]. The molecule has 0 radical (unpaired) electrons. The van der Waals surface area contributed by atoms with Gasteiger partial charge in [0.1, 0.15) is 24.4 Å². The minimum absolute atomic E-state index is 0. The van der Waals surface area contributed by atoms with Crippen molar-refractivity contribution in [1.29, 1.82) is 0 Å². The van der Waals surface area contributed by atoms with Crippen molar-refractivity contribution >= 4 is 23.5 Å². The number of aliphatic hydroxyl groups is 2. The Morgan fingerprint density at radius 3 is 1.08 bits per heavy atom. The molecule has 0 rings (SSSR count). The summed E-state index contributed by atoms with van der Waals surface area (Å²) in [6, 6.07) is 0. The number of ketones is 2. The van der Waals surface area contributed by atoms with Gasteiger partial charge in [0, 0.05) is 34.9 Å². The van der Waals surface area contributed by atoms with Crippen LogP contribution in [0.3, 0.4) is 0 Å². The second kappa shape index (κ2) is 37.1. The number of aliphatic hydroxyl groups excluding tert-OH is 2. The first-order valence-electron chi connectivity index (χ1n) is 13.5. The summed E-state index contributed by atoms with van der Waals surface area (Å²) >= 11 is 0. The molecule has 2 atom stereocenters. The van der Waals surface area contributed by atoms with Gasteiger partial charge in [-0.25, -0.2) is 0 Å². The molecule has 0 fully saturated rings. The summed E-state index contributed by atoms with van der Waals surface area (Å²) in [7, 11) is 0. The predicted molar refractivity (Wildman–Crippen MR) is 145 cm³/mol. The van der Waals surface area contributed by atoms with Gasteiger partial charge in [-0.05, 0) is 52.4 Å². The third kappa shape index (κ3) is 45.2. The van der Waals surface area contributed by atoms with Gasteiger partial charge in [-0.15, -0.1) is 0 Å². The van der Waals surface area contributed by atoms with Crippen molar-refractivity contribution in [3.8, 4) is 0 Å². The van der Waals surface area contributed by atoms with Crippen LogP contribution in [0.4, 0.5) is 0 Å². The van der Waals surface area contributed by atoms with E-state index >= 15 is 0 Å². The Labute approximate surface area is 241 Å². The summed E-state index contributed by atoms with van der Waals surface area (Å²) in [6.07, 6.45) is 9.45. The topological polar surface area (TPSA) is 127 Å². The number of carbonyl (C=O) groups is 4. The molecule has 0 aromatic carbocycles. The van der Waals surface area contributed by atoms with E-state index in [1.807, 2.05) is 0 Å². The summed E-state index contributed by atoms with van der Waals surface area (Å²) < 4.78 is 8.99. The maximum atomic E-state index is 10.4. The summed E-state index contributed by atoms with van der Waals surface area (Å²) in [5.41, 5.74) is 0. The number of carbonyl (C=O) groups excluding carboxylic acids is 4. The van der Waals surface area contributed by atoms with E-state index in [0.29, 0.717) is 38.3 Å². The Kier molecular flexibility index (Phi) is 45.9. The summed E-state index contributed by atoms with van der Waals surface area (Å²) in [5, 5.41) is 17.5. The molecule has 0 amide bonds. The molecule has 37 heavy (non-hydrogen) atoms. The number of unbranched alkanes of at least 4 members (excludes halogenated alkanes) is 2. The van der Waals surface area contributed by atoms with Gasteiger partial charge < -0.3 is 19.7 Å². The minimum atomic E-state index is -0.440. The van der Waals surface area contributed by atoms with E-state index in [0.717, 1.165) is 12.8 Å². The van der Waals surface area contributed by atoms with Crippen LogP contribution in [0.25, 0.3) is 0 Å². The molecule has 0 spiro atoms. The third-order valence-electron chi connectivity index (χ3n) is 5.00. The smallest absolute Gasteiger partial charge is 0.313 e. The van der Waals surface area contributed by atoms with Crippen molar-refractivity contribution in [3.63, 3.8) is 0 Å². The molecule has 0 aliphatic heterocycles. The maximum Gasteiger partial charge on any atom is 0.313 e. The number of esters is 2. The number of hydrogen-bond donors (Lipinski definition) is 2. The quantitative estimate of drug-likeness (QED) is 0.143. The van der Waals surface area contributed by atoms with Gasteiger partial charge in [0.25, 0.3) is 0 Å². The van der Waals surface area contributed by atoms with Crippen LogP contribution >= 0.6 is 0 Å². The first kappa shape index (κ1) is 45.8. The number of rotatable bonds is 16. The Hall–Kier alpha value is -1.09. The van der Waals surface area contributed by atoms with Crippen molar-refractivity contribution in [2.24, 2.45) is 11.8 Å². The van der Waals surface area contributed by atoms with E-state index in [1.165, 1.54) is 52.4 Å². The van der Waals surface area contributed by atoms with Crippen LogP contribution in [0.2, 0.25) is 0 Å². The molecule has 0 aliphatic carbocycles. The van der Waals surface area contributed by atoms with Crippen molar-refractivity contribution < 1.29 is 60.6 Å². The van der Waals surface area contributed by atoms with Gasteiger partial charge in [-0.1, -0.05) is 66.2 Å². The average molecular weight is 569 g/mol. The first-order valence-corrected chi connectivity index (χ1v) is 13.5. The molecule has 8 nitrogen and oxygen atoms in total. The average Bonchev–Trinajstić information content (AvgIpc) is 2.81. The Bertz CT molecular complexity index is 472. The molecule has 9 heteroatoms. The predicted octanol–water partition coefficient (Wildman–Crippen LogP) is 5.44. The van der Waals surface area contributed by atoms with E-state index in [9.17, 15) is 19.2 Å². The van der Waals surface area contributed by atoms with Crippen molar-refractivity contribution in [2.75, 3.05) is 26.4 Å². The Morgan fingerprint density at radius 2 is 0.919 bits per heavy atom. The molecular weight excluding hydrogens is 512 g/mol. The molecule has 220 valence electrons. The largest absolute Gasteiger partial charge is 0.466 e. The molecule has 0 saturated heterocycles. The van der Waals surface area contributed by atoms with E-state index < -0.39 is 11.9 Å². The fourth-order valence-electron chi connectivity index (χ4n) is 2.67. The van der Waals surface area contributed by atoms with Crippen molar-refractivity contribution in [2.45, 2.75) is 120 Å². The molecular formula is C28H56O8Ti. The van der Waals surface area contributed by atoms with Crippen LogP contribution in [-0.4, -0.2) is 60.1 Å². The van der Waals surface area contributed by atoms with Gasteiger partial charge in [-0.3, -0.25) is 19.2 Å². The summed E-state index contributed by atoms with van der Waals surface area (Å²) in [5.74, 6) is -0.0770. The third-order valence-corrected chi connectivity index (χ3v) is 5.00. The molecule has 0 heterocycles. The zero-order chi connectivity index (χ0) is 28.8. The first-order chi connectivity index (χ1) is 17.0. The van der Waals surface area contributed by atoms with Crippen LogP contribution in [0.5, 0.6) is 0 Å². The van der Waals surface area contributed by atoms with Gasteiger partial charge in [0.2, 0.25) is 0 Å². The Morgan fingerprint density at radius 1 is 0.622 bits per heavy atom. The molecule has 2 N–H and O–H groups in total. The van der Waals surface area contributed by atoms with Crippen LogP contribution in [0, 0.1) is 11.8 Å². The Balaban J connectivity index is -0.000000122. The fourth-order valence-corrected chi connectivity index (χ4v) is 2.67. The van der Waals surface area contributed by atoms with E-state index in [-0.39, 0.29) is 46.1 Å². The molecule has 0 saturated carbocycles. The van der Waals surface area contributed by atoms with Gasteiger partial charge in [0.15, 0.2) is 0 Å². The molecule has 0 aromatic rings. The van der Waals surface area contributed by atoms with Crippen molar-refractivity contribution in [3.05, 3.63) is 0 Å². The number of hydrogen-bond acceptors (Lipinski definition) is 8. The fraction of sp³-hybridized carbons (Fsp3) is 0.857. The molecule has 2 unspecified atom stereocenters. The minimum Gasteiger partial charge on any atom is -0.466 e. The maximum absolute atomic E-state index is 10.4. The van der Waals surface area contributed by atoms with Gasteiger partial charge in [-0.2, -0.15) is 0 Å². The van der Waals surface area contributed by atoms with E-state index in [1.54, 1.807) is 13.8 Å². The standard InChI is InChI=1S/2C8H18O.2C6H10O3.Ti/c2*1-3-5-6-8(4-2)7-9;2*1-3-9-6(8)4-5(2)7;/h2*8-9H,3-7H2,1-2H3;2*3-4H2,1-2H3;. The van der Waals surface area contributed by atoms with Crippen molar-refractivity contribution in [1.82, 2.24) is 0 Å². The normalized spacial score (nSPS) is 10.9.